The molecule has 1 aliphatic rings. The van der Waals surface area contributed by atoms with Gasteiger partial charge >= 0.3 is 0 Å². The lowest BCUT2D eigenvalue weighted by Crippen LogP contribution is -2.18. The average Bonchev–Trinajstić information content (AvgIpc) is 2.89. The normalized spacial score (nSPS) is 14.7. The van der Waals surface area contributed by atoms with E-state index in [-0.39, 0.29) is 0 Å². The molecule has 0 saturated heterocycles. The first kappa shape index (κ1) is 19.8. The van der Waals surface area contributed by atoms with Crippen LogP contribution in [0.1, 0.15) is 18.7 Å². The van der Waals surface area contributed by atoms with Crippen LogP contribution in [0.5, 0.6) is 17.4 Å². The number of anilines is 1. The molecule has 1 aromatic heterocycles. The minimum absolute atomic E-state index is 0.405. The second-order valence-corrected chi connectivity index (χ2v) is 7.79. The largest absolute Gasteiger partial charge is 0.492 e. The molecule has 0 spiro atoms. The number of halogens is 1. The molecule has 3 aromatic rings. The molecule has 1 N–H and O–H groups in total. The molecule has 0 bridgehead atoms. The maximum Gasteiger partial charge on any atom is 0.247 e. The van der Waals surface area contributed by atoms with Gasteiger partial charge in [0.15, 0.2) is 17.2 Å². The zero-order valence-corrected chi connectivity index (χ0v) is 18.5. The number of fused-ring (bicyclic) bond motifs is 3. The zero-order chi connectivity index (χ0) is 20.4. The Morgan fingerprint density at radius 2 is 2.10 bits per heavy atom. The van der Waals surface area contributed by atoms with E-state index in [0.29, 0.717) is 34.8 Å². The minimum Gasteiger partial charge on any atom is -0.492 e. The summed E-state index contributed by atoms with van der Waals surface area (Å²) in [5.41, 5.74) is 3.08. The summed E-state index contributed by atoms with van der Waals surface area (Å²) in [5.74, 6) is 1.67. The van der Waals surface area contributed by atoms with Crippen LogP contribution in [0.15, 0.2) is 46.0 Å². The fourth-order valence-electron chi connectivity index (χ4n) is 3.12. The molecule has 2 heterocycles. The first-order chi connectivity index (χ1) is 14.1. The lowest BCUT2D eigenvalue weighted by Gasteiger charge is -2.22. The van der Waals surface area contributed by atoms with Gasteiger partial charge in [0.1, 0.15) is 0 Å². The lowest BCUT2D eigenvalue weighted by atomic mass is 10.1. The Morgan fingerprint density at radius 3 is 2.86 bits per heavy atom. The quantitative estimate of drug-likeness (QED) is 0.521. The van der Waals surface area contributed by atoms with Gasteiger partial charge in [0.2, 0.25) is 17.3 Å². The van der Waals surface area contributed by atoms with Crippen LogP contribution < -0.4 is 19.5 Å². The van der Waals surface area contributed by atoms with Crippen molar-refractivity contribution in [2.45, 2.75) is 18.3 Å². The standard InChI is InChI=1S/C20H19BrN4O3S/c1-4-27-15-7-5-6-12(17(15)26-2)18-22-14-9-8-11(21)10-13(14)16-19(28-18)23-20(29-3)25-24-16/h5-10,18,22H,4H2,1-3H3/t18-/m1/s1. The second kappa shape index (κ2) is 8.46. The Labute approximate surface area is 181 Å². The first-order valence-corrected chi connectivity index (χ1v) is 11.0. The number of benzene rings is 2. The summed E-state index contributed by atoms with van der Waals surface area (Å²) in [6, 6.07) is 11.6. The van der Waals surface area contributed by atoms with Crippen LogP contribution in [0.3, 0.4) is 0 Å². The molecule has 7 nitrogen and oxygen atoms in total. The fourth-order valence-corrected chi connectivity index (χ4v) is 3.78. The van der Waals surface area contributed by atoms with E-state index in [9.17, 15) is 0 Å². The summed E-state index contributed by atoms with van der Waals surface area (Å²) in [6.07, 6.45) is 1.34. The van der Waals surface area contributed by atoms with E-state index >= 15 is 0 Å². The summed E-state index contributed by atoms with van der Waals surface area (Å²) in [5, 5.41) is 12.5. The summed E-state index contributed by atoms with van der Waals surface area (Å²) in [4.78, 5) is 4.55. The van der Waals surface area contributed by atoms with Crippen molar-refractivity contribution in [1.82, 2.24) is 15.2 Å². The van der Waals surface area contributed by atoms with E-state index in [1.54, 1.807) is 7.11 Å². The number of nitrogens with zero attached hydrogens (tertiary/aromatic N) is 3. The number of rotatable bonds is 5. The van der Waals surface area contributed by atoms with Gasteiger partial charge in [0.25, 0.3) is 0 Å². The molecule has 0 fully saturated rings. The maximum absolute atomic E-state index is 6.29. The third-order valence-corrected chi connectivity index (χ3v) is 5.40. The lowest BCUT2D eigenvalue weighted by molar-refractivity contribution is 0.217. The van der Waals surface area contributed by atoms with Crippen molar-refractivity contribution in [2.24, 2.45) is 0 Å². The van der Waals surface area contributed by atoms with Crippen molar-refractivity contribution < 1.29 is 14.2 Å². The van der Waals surface area contributed by atoms with E-state index in [1.807, 2.05) is 49.6 Å². The molecular formula is C20H19BrN4O3S. The molecule has 0 amide bonds. The van der Waals surface area contributed by atoms with Crippen LogP contribution in [0, 0.1) is 0 Å². The van der Waals surface area contributed by atoms with Gasteiger partial charge in [-0.2, -0.15) is 4.98 Å². The van der Waals surface area contributed by atoms with Crippen molar-refractivity contribution in [2.75, 3.05) is 25.3 Å². The van der Waals surface area contributed by atoms with Crippen LogP contribution in [-0.2, 0) is 0 Å². The molecule has 9 heteroatoms. The molecule has 4 rings (SSSR count). The third-order valence-electron chi connectivity index (χ3n) is 4.37. The van der Waals surface area contributed by atoms with Gasteiger partial charge in [-0.05, 0) is 43.5 Å². The Bertz CT molecular complexity index is 1050. The van der Waals surface area contributed by atoms with Gasteiger partial charge < -0.3 is 19.5 Å². The molecule has 1 aliphatic heterocycles. The van der Waals surface area contributed by atoms with Gasteiger partial charge in [0.05, 0.1) is 19.3 Å². The van der Waals surface area contributed by atoms with Crippen LogP contribution in [0.2, 0.25) is 0 Å². The molecule has 1 atom stereocenters. The number of ether oxygens (including phenoxy) is 3. The minimum atomic E-state index is -0.557. The van der Waals surface area contributed by atoms with E-state index < -0.39 is 6.23 Å². The number of thioether (sulfide) groups is 1. The molecule has 0 unspecified atom stereocenters. The number of nitrogens with one attached hydrogen (secondary N) is 1. The highest BCUT2D eigenvalue weighted by atomic mass is 79.9. The molecule has 0 aliphatic carbocycles. The van der Waals surface area contributed by atoms with Crippen molar-refractivity contribution in [1.29, 1.82) is 0 Å². The molecular weight excluding hydrogens is 456 g/mol. The number of hydrogen-bond donors (Lipinski definition) is 1. The second-order valence-electron chi connectivity index (χ2n) is 6.10. The van der Waals surface area contributed by atoms with E-state index in [1.165, 1.54) is 11.8 Å². The molecule has 2 aromatic carbocycles. The van der Waals surface area contributed by atoms with E-state index in [2.05, 4.69) is 36.4 Å². The van der Waals surface area contributed by atoms with Crippen molar-refractivity contribution in [3.8, 4) is 28.6 Å². The van der Waals surface area contributed by atoms with Gasteiger partial charge in [-0.1, -0.05) is 33.8 Å². The Morgan fingerprint density at radius 1 is 1.24 bits per heavy atom. The summed E-state index contributed by atoms with van der Waals surface area (Å²) in [6.45, 7) is 2.47. The Balaban J connectivity index is 1.87. The number of para-hydroxylation sites is 1. The highest BCUT2D eigenvalue weighted by Gasteiger charge is 2.29. The third kappa shape index (κ3) is 3.84. The van der Waals surface area contributed by atoms with Crippen molar-refractivity contribution in [3.05, 3.63) is 46.4 Å². The molecule has 29 heavy (non-hydrogen) atoms. The number of hydrogen-bond acceptors (Lipinski definition) is 8. The van der Waals surface area contributed by atoms with Crippen molar-refractivity contribution in [3.63, 3.8) is 0 Å². The van der Waals surface area contributed by atoms with Gasteiger partial charge in [-0.15, -0.1) is 10.2 Å². The van der Waals surface area contributed by atoms with Crippen LogP contribution in [-0.4, -0.2) is 35.2 Å². The topological polar surface area (TPSA) is 78.4 Å². The van der Waals surface area contributed by atoms with Gasteiger partial charge in [-0.25, -0.2) is 0 Å². The highest BCUT2D eigenvalue weighted by molar-refractivity contribution is 9.10. The molecule has 150 valence electrons. The highest BCUT2D eigenvalue weighted by Crippen LogP contribution is 2.43. The van der Waals surface area contributed by atoms with Crippen LogP contribution >= 0.6 is 27.7 Å². The van der Waals surface area contributed by atoms with E-state index in [0.717, 1.165) is 21.3 Å². The van der Waals surface area contributed by atoms with Crippen LogP contribution in [0.4, 0.5) is 5.69 Å². The maximum atomic E-state index is 6.29. The fraction of sp³-hybridized carbons (Fsp3) is 0.250. The summed E-state index contributed by atoms with van der Waals surface area (Å²) in [7, 11) is 1.62. The smallest absolute Gasteiger partial charge is 0.247 e. The number of aromatic nitrogens is 3. The predicted octanol–water partition coefficient (Wildman–Crippen LogP) is 4.93. The Hall–Kier alpha value is -2.52. The Kier molecular flexibility index (Phi) is 5.77. The van der Waals surface area contributed by atoms with E-state index in [4.69, 9.17) is 14.2 Å². The predicted molar refractivity (Wildman–Crippen MR) is 116 cm³/mol. The summed E-state index contributed by atoms with van der Waals surface area (Å²) < 4.78 is 18.6. The monoisotopic (exact) mass is 474 g/mol. The molecule has 0 radical (unpaired) electrons. The van der Waals surface area contributed by atoms with Crippen molar-refractivity contribution >= 4 is 33.4 Å². The first-order valence-electron chi connectivity index (χ1n) is 8.96. The summed E-state index contributed by atoms with van der Waals surface area (Å²) >= 11 is 4.94. The van der Waals surface area contributed by atoms with Crippen LogP contribution in [0.25, 0.3) is 11.3 Å². The number of methoxy groups -OCH3 is 1. The zero-order valence-electron chi connectivity index (χ0n) is 16.1. The SMILES string of the molecule is CCOc1cccc([C@@H]2Nc3ccc(Br)cc3-c3nnc(SC)nc3O2)c1OC. The van der Waals surface area contributed by atoms with Gasteiger partial charge in [-0.3, -0.25) is 0 Å². The average molecular weight is 475 g/mol. The molecule has 0 saturated carbocycles. The van der Waals surface area contributed by atoms with Gasteiger partial charge in [0, 0.05) is 15.7 Å².